The monoisotopic (exact) mass is 139 g/mol. The standard InChI is InChI=1S/C9H17N/c1-3-5-6-7-8-9-10-4-2/h6,8,10H,3-5,9H2,1-2H3. The average molecular weight is 139 g/mol. The molecule has 0 aromatic rings. The van der Waals surface area contributed by atoms with E-state index in [0.717, 1.165) is 19.5 Å². The van der Waals surface area contributed by atoms with Gasteiger partial charge in [0.05, 0.1) is 0 Å². The van der Waals surface area contributed by atoms with Gasteiger partial charge in [0.15, 0.2) is 0 Å². The Labute approximate surface area is 63.8 Å². The Morgan fingerprint density at radius 1 is 1.30 bits per heavy atom. The van der Waals surface area contributed by atoms with Crippen LogP contribution in [0.25, 0.3) is 0 Å². The third-order valence-electron chi connectivity index (χ3n) is 1.17. The first-order chi connectivity index (χ1) is 4.91. The van der Waals surface area contributed by atoms with Crippen molar-refractivity contribution in [3.63, 3.8) is 0 Å². The third-order valence-corrected chi connectivity index (χ3v) is 1.17. The summed E-state index contributed by atoms with van der Waals surface area (Å²) < 4.78 is 0. The number of hydrogen-bond donors (Lipinski definition) is 1. The van der Waals surface area contributed by atoms with Gasteiger partial charge < -0.3 is 5.32 Å². The van der Waals surface area contributed by atoms with E-state index in [1.165, 1.54) is 6.42 Å². The Kier molecular flexibility index (Phi) is 8.04. The van der Waals surface area contributed by atoms with E-state index < -0.39 is 0 Å². The SMILES string of the molecule is CCCC=C=CCNCC. The maximum Gasteiger partial charge on any atom is 0.0209 e. The molecule has 0 spiro atoms. The molecule has 0 atom stereocenters. The van der Waals surface area contributed by atoms with Gasteiger partial charge in [0.2, 0.25) is 0 Å². The molecule has 0 rings (SSSR count). The van der Waals surface area contributed by atoms with E-state index in [1.54, 1.807) is 0 Å². The minimum atomic E-state index is 0.941. The summed E-state index contributed by atoms with van der Waals surface area (Å²) in [5, 5.41) is 3.19. The van der Waals surface area contributed by atoms with Gasteiger partial charge in [-0.15, -0.1) is 5.73 Å². The summed E-state index contributed by atoms with van der Waals surface area (Å²) in [7, 11) is 0. The topological polar surface area (TPSA) is 12.0 Å². The first-order valence-corrected chi connectivity index (χ1v) is 4.02. The molecule has 0 bridgehead atoms. The van der Waals surface area contributed by atoms with E-state index in [9.17, 15) is 0 Å². The van der Waals surface area contributed by atoms with Crippen molar-refractivity contribution < 1.29 is 0 Å². The van der Waals surface area contributed by atoms with Crippen molar-refractivity contribution in [2.75, 3.05) is 13.1 Å². The summed E-state index contributed by atoms with van der Waals surface area (Å²) in [5.74, 6) is 0. The molecule has 0 radical (unpaired) electrons. The Morgan fingerprint density at radius 3 is 2.70 bits per heavy atom. The molecule has 1 heteroatoms. The molecule has 0 aromatic heterocycles. The van der Waals surface area contributed by atoms with E-state index in [4.69, 9.17) is 0 Å². The Balaban J connectivity index is 3.17. The normalized spacial score (nSPS) is 8.60. The quantitative estimate of drug-likeness (QED) is 0.454. The molecule has 0 saturated heterocycles. The molecule has 0 saturated carbocycles. The maximum absolute atomic E-state index is 3.19. The van der Waals surface area contributed by atoms with Gasteiger partial charge in [-0.25, -0.2) is 0 Å². The summed E-state index contributed by atoms with van der Waals surface area (Å²) in [5.41, 5.74) is 3.11. The highest BCUT2D eigenvalue weighted by atomic mass is 14.8. The molecular weight excluding hydrogens is 122 g/mol. The minimum absolute atomic E-state index is 0.941. The van der Waals surface area contributed by atoms with Gasteiger partial charge in [0.1, 0.15) is 0 Å². The van der Waals surface area contributed by atoms with E-state index in [1.807, 2.05) is 6.08 Å². The van der Waals surface area contributed by atoms with E-state index in [0.29, 0.717) is 0 Å². The van der Waals surface area contributed by atoms with Crippen LogP contribution >= 0.6 is 0 Å². The van der Waals surface area contributed by atoms with Gasteiger partial charge in [0, 0.05) is 6.54 Å². The third kappa shape index (κ3) is 7.48. The lowest BCUT2D eigenvalue weighted by Gasteiger charge is -1.89. The van der Waals surface area contributed by atoms with E-state index in [-0.39, 0.29) is 0 Å². The van der Waals surface area contributed by atoms with Crippen LogP contribution in [-0.2, 0) is 0 Å². The zero-order valence-electron chi connectivity index (χ0n) is 6.98. The lowest BCUT2D eigenvalue weighted by Crippen LogP contribution is -2.11. The van der Waals surface area contributed by atoms with Crippen molar-refractivity contribution >= 4 is 0 Å². The van der Waals surface area contributed by atoms with Crippen LogP contribution in [0.5, 0.6) is 0 Å². The largest absolute Gasteiger partial charge is 0.313 e. The van der Waals surface area contributed by atoms with Crippen molar-refractivity contribution in [2.24, 2.45) is 0 Å². The maximum atomic E-state index is 3.19. The summed E-state index contributed by atoms with van der Waals surface area (Å²) in [6, 6.07) is 0. The number of likely N-dealkylation sites (N-methyl/N-ethyl adjacent to an activating group) is 1. The number of rotatable bonds is 5. The highest BCUT2D eigenvalue weighted by Crippen LogP contribution is 1.84. The molecule has 10 heavy (non-hydrogen) atoms. The summed E-state index contributed by atoms with van der Waals surface area (Å²) in [4.78, 5) is 0. The molecule has 0 unspecified atom stereocenters. The van der Waals surface area contributed by atoms with Gasteiger partial charge in [-0.2, -0.15) is 0 Å². The number of unbranched alkanes of at least 4 members (excludes halogenated alkanes) is 1. The molecule has 1 nitrogen and oxygen atoms in total. The van der Waals surface area contributed by atoms with Crippen LogP contribution in [0.3, 0.4) is 0 Å². The van der Waals surface area contributed by atoms with Gasteiger partial charge >= 0.3 is 0 Å². The van der Waals surface area contributed by atoms with Gasteiger partial charge in [0.25, 0.3) is 0 Å². The van der Waals surface area contributed by atoms with E-state index >= 15 is 0 Å². The zero-order chi connectivity index (χ0) is 7.66. The Morgan fingerprint density at radius 2 is 2.10 bits per heavy atom. The highest BCUT2D eigenvalue weighted by molar-refractivity contribution is 4.85. The zero-order valence-corrected chi connectivity index (χ0v) is 6.98. The van der Waals surface area contributed by atoms with Crippen molar-refractivity contribution in [3.05, 3.63) is 17.9 Å². The summed E-state index contributed by atoms with van der Waals surface area (Å²) in [6.45, 7) is 6.24. The predicted octanol–water partition coefficient (Wildman–Crippen LogP) is 2.11. The predicted molar refractivity (Wildman–Crippen MR) is 46.1 cm³/mol. The second-order valence-corrected chi connectivity index (χ2v) is 2.17. The molecule has 0 aliphatic rings. The lowest BCUT2D eigenvalue weighted by atomic mass is 10.3. The Hall–Kier alpha value is -0.520. The molecule has 58 valence electrons. The fourth-order valence-electron chi connectivity index (χ4n) is 0.586. The van der Waals surface area contributed by atoms with Crippen LogP contribution in [-0.4, -0.2) is 13.1 Å². The molecule has 0 aliphatic heterocycles. The molecule has 0 fully saturated rings. The van der Waals surface area contributed by atoms with Gasteiger partial charge in [-0.1, -0.05) is 20.3 Å². The van der Waals surface area contributed by atoms with Crippen LogP contribution in [0.4, 0.5) is 0 Å². The summed E-state index contributed by atoms with van der Waals surface area (Å²) >= 11 is 0. The fraction of sp³-hybridized carbons (Fsp3) is 0.667. The first kappa shape index (κ1) is 9.48. The smallest absolute Gasteiger partial charge is 0.0209 e. The van der Waals surface area contributed by atoms with Crippen molar-refractivity contribution in [1.82, 2.24) is 5.32 Å². The number of hydrogen-bond acceptors (Lipinski definition) is 1. The lowest BCUT2D eigenvalue weighted by molar-refractivity contribution is 0.799. The first-order valence-electron chi connectivity index (χ1n) is 4.02. The second-order valence-electron chi connectivity index (χ2n) is 2.17. The van der Waals surface area contributed by atoms with Crippen molar-refractivity contribution in [2.45, 2.75) is 26.7 Å². The molecule has 1 N–H and O–H groups in total. The minimum Gasteiger partial charge on any atom is -0.313 e. The van der Waals surface area contributed by atoms with Crippen LogP contribution in [0.15, 0.2) is 17.9 Å². The fourth-order valence-corrected chi connectivity index (χ4v) is 0.586. The van der Waals surface area contributed by atoms with E-state index in [2.05, 4.69) is 31.0 Å². The molecular formula is C9H17N. The van der Waals surface area contributed by atoms with Crippen LogP contribution < -0.4 is 5.32 Å². The second kappa shape index (κ2) is 8.48. The molecule has 0 aliphatic carbocycles. The molecule has 0 heterocycles. The molecule has 0 aromatic carbocycles. The summed E-state index contributed by atoms with van der Waals surface area (Å²) in [6.07, 6.45) is 6.46. The van der Waals surface area contributed by atoms with Crippen LogP contribution in [0, 0.1) is 0 Å². The number of nitrogens with one attached hydrogen (secondary N) is 1. The Bertz CT molecular complexity index is 110. The van der Waals surface area contributed by atoms with Crippen molar-refractivity contribution in [3.8, 4) is 0 Å². The average Bonchev–Trinajstić information content (AvgIpc) is 1.97. The van der Waals surface area contributed by atoms with Crippen LogP contribution in [0.1, 0.15) is 26.7 Å². The van der Waals surface area contributed by atoms with Crippen molar-refractivity contribution in [1.29, 1.82) is 0 Å². The molecule has 0 amide bonds. The van der Waals surface area contributed by atoms with Crippen LogP contribution in [0.2, 0.25) is 0 Å². The highest BCUT2D eigenvalue weighted by Gasteiger charge is 1.71. The van der Waals surface area contributed by atoms with Gasteiger partial charge in [-0.05, 0) is 25.1 Å². The van der Waals surface area contributed by atoms with Gasteiger partial charge in [-0.3, -0.25) is 0 Å².